The zero-order valence-corrected chi connectivity index (χ0v) is 18.4. The molecule has 1 unspecified atom stereocenters. The molecule has 4 heterocycles. The van der Waals surface area contributed by atoms with Gasteiger partial charge in [-0.1, -0.05) is 12.1 Å². The van der Waals surface area contributed by atoms with E-state index in [9.17, 15) is 14.4 Å². The Hall–Kier alpha value is -2.10. The third kappa shape index (κ3) is 4.18. The van der Waals surface area contributed by atoms with Gasteiger partial charge in [-0.15, -0.1) is 11.8 Å². The lowest BCUT2D eigenvalue weighted by molar-refractivity contribution is -0.131. The molecule has 0 bridgehead atoms. The molecule has 2 aromatic rings. The predicted octanol–water partition coefficient (Wildman–Crippen LogP) is 1.05. The second-order valence-corrected chi connectivity index (χ2v) is 9.90. The van der Waals surface area contributed by atoms with E-state index in [1.807, 2.05) is 33.7 Å². The van der Waals surface area contributed by atoms with Crippen LogP contribution in [-0.2, 0) is 9.59 Å². The average Bonchev–Trinajstić information content (AvgIpc) is 3.53. The molecule has 31 heavy (non-hydrogen) atoms. The van der Waals surface area contributed by atoms with Crippen LogP contribution in [0.25, 0.3) is 11.0 Å². The van der Waals surface area contributed by atoms with Crippen LogP contribution in [0.5, 0.6) is 0 Å². The molecule has 9 heteroatoms. The van der Waals surface area contributed by atoms with E-state index in [-0.39, 0.29) is 35.4 Å². The number of thioether (sulfide) groups is 1. The molecule has 3 aliphatic heterocycles. The van der Waals surface area contributed by atoms with Crippen LogP contribution in [0.2, 0.25) is 0 Å². The van der Waals surface area contributed by atoms with Gasteiger partial charge >= 0.3 is 5.69 Å². The molecule has 2 atom stereocenters. The molecule has 3 aliphatic rings. The lowest BCUT2D eigenvalue weighted by Crippen LogP contribution is -2.42. The number of amides is 1. The maximum atomic E-state index is 12.9. The first kappa shape index (κ1) is 20.8. The van der Waals surface area contributed by atoms with Crippen LogP contribution in [0.1, 0.15) is 25.3 Å². The normalized spacial score (nSPS) is 25.5. The van der Waals surface area contributed by atoms with Crippen LogP contribution in [-0.4, -0.2) is 81.4 Å². The lowest BCUT2D eigenvalue weighted by atomic mass is 9.98. The minimum absolute atomic E-state index is 0.0557. The molecule has 1 aromatic carbocycles. The van der Waals surface area contributed by atoms with Gasteiger partial charge in [-0.25, -0.2) is 4.79 Å². The van der Waals surface area contributed by atoms with E-state index in [2.05, 4.69) is 15.2 Å². The van der Waals surface area contributed by atoms with Crippen molar-refractivity contribution in [1.29, 1.82) is 0 Å². The minimum atomic E-state index is -0.216. The summed E-state index contributed by atoms with van der Waals surface area (Å²) in [6, 6.07) is 7.73. The Morgan fingerprint density at radius 3 is 2.71 bits per heavy atom. The molecule has 1 aromatic heterocycles. The van der Waals surface area contributed by atoms with E-state index in [4.69, 9.17) is 0 Å². The fourth-order valence-electron chi connectivity index (χ4n) is 5.10. The number of nitrogens with zero attached hydrogens (tertiary/aromatic N) is 3. The first-order valence-electron chi connectivity index (χ1n) is 11.1. The highest BCUT2D eigenvalue weighted by Gasteiger charge is 2.37. The highest BCUT2D eigenvalue weighted by molar-refractivity contribution is 7.99. The second-order valence-electron chi connectivity index (χ2n) is 8.82. The number of Topliss-reactive ketones (excluding diaryl/α,β-unsaturated/α-hetero) is 1. The van der Waals surface area contributed by atoms with Crippen molar-refractivity contribution in [3.05, 3.63) is 34.7 Å². The van der Waals surface area contributed by atoms with Crippen LogP contribution < -0.4 is 11.0 Å². The second kappa shape index (κ2) is 8.80. The number of carbonyl (C=O) groups is 2. The SMILES string of the molecule is O=C(CN1CCC(n2c(=O)[nH]c3ccccc32)CC1)C1CN[C@H](C(=O)N2CCSC2)C1. The Balaban J connectivity index is 1.14. The van der Waals surface area contributed by atoms with Gasteiger partial charge in [0.1, 0.15) is 0 Å². The summed E-state index contributed by atoms with van der Waals surface area (Å²) in [7, 11) is 0. The zero-order chi connectivity index (χ0) is 21.4. The number of imidazole rings is 1. The van der Waals surface area contributed by atoms with Crippen LogP contribution in [0.3, 0.4) is 0 Å². The highest BCUT2D eigenvalue weighted by atomic mass is 32.2. The van der Waals surface area contributed by atoms with Crippen LogP contribution in [0.4, 0.5) is 0 Å². The number of aromatic nitrogens is 2. The van der Waals surface area contributed by atoms with E-state index in [1.165, 1.54) is 0 Å². The van der Waals surface area contributed by atoms with Gasteiger partial charge in [-0.2, -0.15) is 0 Å². The number of fused-ring (bicyclic) bond motifs is 1. The molecule has 3 fully saturated rings. The number of likely N-dealkylation sites (tertiary alicyclic amines) is 1. The summed E-state index contributed by atoms with van der Waals surface area (Å²) in [5.41, 5.74) is 1.77. The largest absolute Gasteiger partial charge is 0.331 e. The van der Waals surface area contributed by atoms with Gasteiger partial charge in [0.05, 0.1) is 29.5 Å². The van der Waals surface area contributed by atoms with Crippen LogP contribution >= 0.6 is 11.8 Å². The number of ketones is 1. The Bertz CT molecular complexity index is 1020. The monoisotopic (exact) mass is 443 g/mol. The van der Waals surface area contributed by atoms with Crippen LogP contribution in [0.15, 0.2) is 29.1 Å². The number of hydrogen-bond acceptors (Lipinski definition) is 6. The smallest absolute Gasteiger partial charge is 0.326 e. The Morgan fingerprint density at radius 1 is 1.13 bits per heavy atom. The van der Waals surface area contributed by atoms with Gasteiger partial charge in [0.2, 0.25) is 5.91 Å². The summed E-state index contributed by atoms with van der Waals surface area (Å²) in [5, 5.41) is 3.27. The van der Waals surface area contributed by atoms with E-state index in [1.54, 1.807) is 11.8 Å². The highest BCUT2D eigenvalue weighted by Crippen LogP contribution is 2.26. The van der Waals surface area contributed by atoms with Crippen molar-refractivity contribution in [2.45, 2.75) is 31.3 Å². The third-order valence-corrected chi connectivity index (χ3v) is 7.84. The van der Waals surface area contributed by atoms with Crippen molar-refractivity contribution in [1.82, 2.24) is 24.7 Å². The van der Waals surface area contributed by atoms with E-state index >= 15 is 0 Å². The van der Waals surface area contributed by atoms with Gasteiger partial charge in [0.25, 0.3) is 0 Å². The predicted molar refractivity (Wildman–Crippen MR) is 121 cm³/mol. The number of nitrogens with one attached hydrogen (secondary N) is 2. The third-order valence-electron chi connectivity index (χ3n) is 6.87. The Labute approximate surface area is 185 Å². The van der Waals surface area contributed by atoms with Crippen molar-refractivity contribution in [2.75, 3.05) is 44.4 Å². The van der Waals surface area contributed by atoms with Gasteiger partial charge < -0.3 is 15.2 Å². The fraction of sp³-hybridized carbons (Fsp3) is 0.591. The fourth-order valence-corrected chi connectivity index (χ4v) is 6.05. The number of hydrogen-bond donors (Lipinski definition) is 2. The number of aromatic amines is 1. The molecule has 5 rings (SSSR count). The molecule has 0 spiro atoms. The first-order chi connectivity index (χ1) is 15.1. The first-order valence-corrected chi connectivity index (χ1v) is 12.3. The molecular formula is C22H29N5O3S. The molecule has 166 valence electrons. The summed E-state index contributed by atoms with van der Waals surface area (Å²) in [5.74, 6) is 2.05. The summed E-state index contributed by atoms with van der Waals surface area (Å²) in [6.07, 6.45) is 2.32. The van der Waals surface area contributed by atoms with Crippen LogP contribution in [0, 0.1) is 5.92 Å². The molecule has 1 amide bonds. The topological polar surface area (TPSA) is 90.4 Å². The summed E-state index contributed by atoms with van der Waals surface area (Å²) in [4.78, 5) is 44.9. The lowest BCUT2D eigenvalue weighted by Gasteiger charge is -2.32. The minimum Gasteiger partial charge on any atom is -0.331 e. The van der Waals surface area contributed by atoms with Crippen molar-refractivity contribution < 1.29 is 9.59 Å². The van der Waals surface area contributed by atoms with E-state index < -0.39 is 0 Å². The summed E-state index contributed by atoms with van der Waals surface area (Å²) >= 11 is 1.78. The van der Waals surface area contributed by atoms with E-state index in [0.29, 0.717) is 19.5 Å². The van der Waals surface area contributed by atoms with Gasteiger partial charge in [-0.05, 0) is 31.4 Å². The van der Waals surface area contributed by atoms with Gasteiger partial charge in [0.15, 0.2) is 5.78 Å². The van der Waals surface area contributed by atoms with Crippen molar-refractivity contribution >= 4 is 34.5 Å². The Morgan fingerprint density at radius 2 is 1.94 bits per heavy atom. The number of para-hydroxylation sites is 2. The van der Waals surface area contributed by atoms with Crippen molar-refractivity contribution in [3.8, 4) is 0 Å². The molecule has 0 saturated carbocycles. The average molecular weight is 444 g/mol. The molecule has 3 saturated heterocycles. The summed E-state index contributed by atoms with van der Waals surface area (Å²) in [6.45, 7) is 3.44. The zero-order valence-electron chi connectivity index (χ0n) is 17.6. The molecule has 2 N–H and O–H groups in total. The number of benzene rings is 1. The van der Waals surface area contributed by atoms with Gasteiger partial charge in [0, 0.05) is 43.9 Å². The quantitative estimate of drug-likeness (QED) is 0.718. The molecule has 0 radical (unpaired) electrons. The molecular weight excluding hydrogens is 414 g/mol. The molecule has 0 aliphatic carbocycles. The summed E-state index contributed by atoms with van der Waals surface area (Å²) < 4.78 is 1.88. The van der Waals surface area contributed by atoms with Gasteiger partial charge in [-0.3, -0.25) is 19.1 Å². The van der Waals surface area contributed by atoms with Crippen molar-refractivity contribution in [2.24, 2.45) is 5.92 Å². The standard InChI is InChI=1S/C22H29N5O3S/c28-20(15-11-18(23-12-15)21(29)26-9-10-31-14-26)13-25-7-5-16(6-8-25)27-19-4-2-1-3-17(19)24-22(27)30/h1-4,15-16,18,23H,5-14H2,(H,24,30)/t15?,18-/m0/s1. The number of piperidine rings is 1. The number of carbonyl (C=O) groups excluding carboxylic acids is 2. The van der Waals surface area contributed by atoms with Crippen molar-refractivity contribution in [3.63, 3.8) is 0 Å². The Kier molecular flexibility index (Phi) is 5.90. The van der Waals surface area contributed by atoms with E-state index in [0.717, 1.165) is 55.1 Å². The molecule has 8 nitrogen and oxygen atoms in total. The number of rotatable bonds is 5. The maximum Gasteiger partial charge on any atom is 0.326 e. The number of H-pyrrole nitrogens is 1. The maximum absolute atomic E-state index is 12.9.